The van der Waals surface area contributed by atoms with Gasteiger partial charge in [-0.2, -0.15) is 0 Å². The molecular weight excluding hydrogens is 332 g/mol. The Morgan fingerprint density at radius 2 is 1.96 bits per heavy atom. The first-order chi connectivity index (χ1) is 12.7. The lowest BCUT2D eigenvalue weighted by Crippen LogP contribution is -2.43. The molecule has 0 saturated carbocycles. The van der Waals surface area contributed by atoms with Crippen LogP contribution >= 0.6 is 0 Å². The molecule has 2 aromatic rings. The molecule has 26 heavy (non-hydrogen) atoms. The lowest BCUT2D eigenvalue weighted by molar-refractivity contribution is -0.123. The highest BCUT2D eigenvalue weighted by Gasteiger charge is 2.27. The van der Waals surface area contributed by atoms with Crippen molar-refractivity contribution in [2.75, 3.05) is 41.4 Å². The zero-order valence-corrected chi connectivity index (χ0v) is 14.4. The van der Waals surface area contributed by atoms with Gasteiger partial charge in [-0.25, -0.2) is 4.98 Å². The van der Waals surface area contributed by atoms with Gasteiger partial charge in [0.25, 0.3) is 5.91 Å². The zero-order chi connectivity index (χ0) is 17.9. The number of para-hydroxylation sites is 2. The van der Waals surface area contributed by atoms with Crippen molar-refractivity contribution < 1.29 is 14.3 Å². The topological polar surface area (TPSA) is 74.8 Å². The number of ether oxygens (including phenoxy) is 1. The molecule has 2 amide bonds. The maximum atomic E-state index is 12.4. The average molecular weight is 352 g/mol. The number of aromatic nitrogens is 1. The standard InChI is InChI=1S/C19H20N4O3/c24-18(12-23-15-5-1-2-6-16(15)26-13-19(23)25)21-17-8-7-14(11-20-17)22-9-3-4-10-22/h1-2,5-8,11H,3-4,9-10,12-13H2,(H,20,21,24). The molecule has 0 radical (unpaired) electrons. The van der Waals surface area contributed by atoms with E-state index in [1.54, 1.807) is 24.4 Å². The smallest absolute Gasteiger partial charge is 0.265 e. The number of nitrogens with one attached hydrogen (secondary N) is 1. The highest BCUT2D eigenvalue weighted by molar-refractivity contribution is 6.04. The SMILES string of the molecule is O=C(CN1C(=O)COc2ccccc21)Nc1ccc(N2CCCC2)cn1. The molecule has 0 spiro atoms. The predicted octanol–water partition coefficient (Wildman–Crippen LogP) is 2.05. The first-order valence-corrected chi connectivity index (χ1v) is 8.74. The minimum Gasteiger partial charge on any atom is -0.482 e. The van der Waals surface area contributed by atoms with Crippen LogP contribution in [0, 0.1) is 0 Å². The number of nitrogens with zero attached hydrogens (tertiary/aromatic N) is 3. The van der Waals surface area contributed by atoms with Gasteiger partial charge in [-0.15, -0.1) is 0 Å². The Morgan fingerprint density at radius 3 is 2.73 bits per heavy atom. The molecule has 134 valence electrons. The van der Waals surface area contributed by atoms with Crippen LogP contribution in [0.15, 0.2) is 42.6 Å². The fourth-order valence-corrected chi connectivity index (χ4v) is 3.28. The van der Waals surface area contributed by atoms with E-state index in [2.05, 4.69) is 15.2 Å². The number of fused-ring (bicyclic) bond motifs is 1. The fraction of sp³-hybridized carbons (Fsp3) is 0.316. The third-order valence-corrected chi connectivity index (χ3v) is 4.60. The zero-order valence-electron chi connectivity index (χ0n) is 14.4. The van der Waals surface area contributed by atoms with Gasteiger partial charge in [0.2, 0.25) is 5.91 Å². The molecule has 1 aromatic carbocycles. The molecule has 4 rings (SSSR count). The molecule has 0 atom stereocenters. The number of hydrogen-bond donors (Lipinski definition) is 1. The van der Waals surface area contributed by atoms with Crippen LogP contribution in [-0.2, 0) is 9.59 Å². The number of carbonyl (C=O) groups is 2. The van der Waals surface area contributed by atoms with Crippen molar-refractivity contribution >= 4 is 29.0 Å². The molecule has 7 heteroatoms. The molecule has 7 nitrogen and oxygen atoms in total. The number of pyridine rings is 1. The Labute approximate surface area is 151 Å². The van der Waals surface area contributed by atoms with Gasteiger partial charge in [-0.1, -0.05) is 12.1 Å². The van der Waals surface area contributed by atoms with Gasteiger partial charge in [0, 0.05) is 13.1 Å². The second-order valence-electron chi connectivity index (χ2n) is 6.38. The molecule has 1 saturated heterocycles. The summed E-state index contributed by atoms with van der Waals surface area (Å²) in [7, 11) is 0. The van der Waals surface area contributed by atoms with Crippen LogP contribution < -0.4 is 19.9 Å². The van der Waals surface area contributed by atoms with E-state index in [1.807, 2.05) is 18.2 Å². The van der Waals surface area contributed by atoms with E-state index in [-0.39, 0.29) is 25.0 Å². The maximum absolute atomic E-state index is 12.4. The molecule has 1 fully saturated rings. The summed E-state index contributed by atoms with van der Waals surface area (Å²) in [6, 6.07) is 10.9. The van der Waals surface area contributed by atoms with E-state index in [9.17, 15) is 9.59 Å². The highest BCUT2D eigenvalue weighted by atomic mass is 16.5. The Morgan fingerprint density at radius 1 is 1.15 bits per heavy atom. The summed E-state index contributed by atoms with van der Waals surface area (Å²) in [6.07, 6.45) is 4.18. The van der Waals surface area contributed by atoms with Crippen LogP contribution in [0.1, 0.15) is 12.8 Å². The van der Waals surface area contributed by atoms with Gasteiger partial charge in [-0.3, -0.25) is 14.5 Å². The van der Waals surface area contributed by atoms with Crippen LogP contribution in [0.3, 0.4) is 0 Å². The molecule has 0 aliphatic carbocycles. The Hall–Kier alpha value is -3.09. The first kappa shape index (κ1) is 16.4. The van der Waals surface area contributed by atoms with Gasteiger partial charge in [0.1, 0.15) is 18.1 Å². The summed E-state index contributed by atoms with van der Waals surface area (Å²) in [6.45, 7) is 1.96. The number of hydrogen-bond acceptors (Lipinski definition) is 5. The highest BCUT2D eigenvalue weighted by Crippen LogP contribution is 2.31. The summed E-state index contributed by atoms with van der Waals surface area (Å²) in [4.78, 5) is 32.6. The lowest BCUT2D eigenvalue weighted by Gasteiger charge is -2.28. The Balaban J connectivity index is 1.42. The second-order valence-corrected chi connectivity index (χ2v) is 6.38. The van der Waals surface area contributed by atoms with Gasteiger partial charge in [-0.05, 0) is 37.1 Å². The molecule has 1 aromatic heterocycles. The number of amides is 2. The van der Waals surface area contributed by atoms with Gasteiger partial charge < -0.3 is 15.0 Å². The Bertz CT molecular complexity index is 816. The molecule has 0 bridgehead atoms. The number of anilines is 3. The van der Waals surface area contributed by atoms with Crippen molar-refractivity contribution in [2.24, 2.45) is 0 Å². The largest absolute Gasteiger partial charge is 0.482 e. The maximum Gasteiger partial charge on any atom is 0.265 e. The minimum absolute atomic E-state index is 0.0624. The monoisotopic (exact) mass is 352 g/mol. The van der Waals surface area contributed by atoms with Gasteiger partial charge >= 0.3 is 0 Å². The van der Waals surface area contributed by atoms with E-state index in [0.717, 1.165) is 18.8 Å². The van der Waals surface area contributed by atoms with Crippen LogP contribution in [0.5, 0.6) is 5.75 Å². The van der Waals surface area contributed by atoms with E-state index in [0.29, 0.717) is 17.3 Å². The van der Waals surface area contributed by atoms with Crippen LogP contribution in [0.4, 0.5) is 17.2 Å². The van der Waals surface area contributed by atoms with E-state index >= 15 is 0 Å². The normalized spacial score (nSPS) is 16.2. The molecular formula is C19H20N4O3. The van der Waals surface area contributed by atoms with Crippen molar-refractivity contribution in [3.8, 4) is 5.75 Å². The van der Waals surface area contributed by atoms with Crippen molar-refractivity contribution in [1.29, 1.82) is 0 Å². The number of carbonyl (C=O) groups excluding carboxylic acids is 2. The summed E-state index contributed by atoms with van der Waals surface area (Å²) in [5.41, 5.74) is 1.68. The van der Waals surface area contributed by atoms with E-state index in [4.69, 9.17) is 4.74 Å². The third-order valence-electron chi connectivity index (χ3n) is 4.60. The molecule has 2 aliphatic rings. The van der Waals surface area contributed by atoms with Crippen molar-refractivity contribution in [3.05, 3.63) is 42.6 Å². The molecule has 3 heterocycles. The Kier molecular flexibility index (Phi) is 4.43. The third kappa shape index (κ3) is 3.33. The predicted molar refractivity (Wildman–Crippen MR) is 98.6 cm³/mol. The number of benzene rings is 1. The summed E-state index contributed by atoms with van der Waals surface area (Å²) in [5, 5.41) is 2.76. The second kappa shape index (κ2) is 7.03. The quantitative estimate of drug-likeness (QED) is 0.911. The summed E-state index contributed by atoms with van der Waals surface area (Å²) < 4.78 is 5.39. The average Bonchev–Trinajstić information content (AvgIpc) is 3.19. The van der Waals surface area contributed by atoms with Crippen LogP contribution in [0.2, 0.25) is 0 Å². The van der Waals surface area contributed by atoms with Gasteiger partial charge in [0.05, 0.1) is 17.6 Å². The first-order valence-electron chi connectivity index (χ1n) is 8.74. The molecule has 1 N–H and O–H groups in total. The molecule has 2 aliphatic heterocycles. The summed E-state index contributed by atoms with van der Waals surface area (Å²) >= 11 is 0. The number of rotatable bonds is 4. The van der Waals surface area contributed by atoms with Gasteiger partial charge in [0.15, 0.2) is 6.61 Å². The fourth-order valence-electron chi connectivity index (χ4n) is 3.28. The minimum atomic E-state index is -0.295. The molecule has 0 unspecified atom stereocenters. The van der Waals surface area contributed by atoms with Crippen molar-refractivity contribution in [2.45, 2.75) is 12.8 Å². The van der Waals surface area contributed by atoms with Crippen LogP contribution in [-0.4, -0.2) is 43.0 Å². The van der Waals surface area contributed by atoms with Crippen LogP contribution in [0.25, 0.3) is 0 Å². The lowest BCUT2D eigenvalue weighted by atomic mass is 10.2. The van der Waals surface area contributed by atoms with Crippen molar-refractivity contribution in [3.63, 3.8) is 0 Å². The van der Waals surface area contributed by atoms with E-state index in [1.165, 1.54) is 17.7 Å². The summed E-state index contributed by atoms with van der Waals surface area (Å²) in [5.74, 6) is 0.549. The van der Waals surface area contributed by atoms with E-state index < -0.39 is 0 Å². The van der Waals surface area contributed by atoms with Crippen molar-refractivity contribution in [1.82, 2.24) is 4.98 Å².